The second-order valence-corrected chi connectivity index (χ2v) is 6.27. The molecule has 0 aromatic rings. The van der Waals surface area contributed by atoms with Crippen molar-refractivity contribution in [2.45, 2.75) is 38.8 Å². The molecule has 2 unspecified atom stereocenters. The number of hydrogen-bond donors (Lipinski definition) is 1. The predicted molar refractivity (Wildman–Crippen MR) is 68.5 cm³/mol. The van der Waals surface area contributed by atoms with Crippen LogP contribution in [0, 0.1) is 5.92 Å². The van der Waals surface area contributed by atoms with E-state index >= 15 is 0 Å². The molecule has 0 aromatic heterocycles. The number of hydrogen-bond acceptors (Lipinski definition) is 3. The van der Waals surface area contributed by atoms with Gasteiger partial charge in [0.25, 0.3) is 0 Å². The Morgan fingerprint density at radius 2 is 1.93 bits per heavy atom. The van der Waals surface area contributed by atoms with Gasteiger partial charge in [-0.3, -0.25) is 4.90 Å². The van der Waals surface area contributed by atoms with Gasteiger partial charge in [0.2, 0.25) is 0 Å². The molecule has 15 heavy (non-hydrogen) atoms. The first-order valence-electron chi connectivity index (χ1n) is 6.32. The van der Waals surface area contributed by atoms with Gasteiger partial charge in [0.15, 0.2) is 0 Å². The monoisotopic (exact) mass is 228 g/mol. The summed E-state index contributed by atoms with van der Waals surface area (Å²) in [6.45, 7) is 8.58. The van der Waals surface area contributed by atoms with E-state index in [1.54, 1.807) is 0 Å². The molecule has 1 saturated heterocycles. The van der Waals surface area contributed by atoms with E-state index in [1.807, 2.05) is 0 Å². The average Bonchev–Trinajstić information content (AvgIpc) is 3.10. The summed E-state index contributed by atoms with van der Waals surface area (Å²) in [5, 5.41) is 3.64. The summed E-state index contributed by atoms with van der Waals surface area (Å²) in [4.78, 5) is 2.66. The molecule has 2 atom stereocenters. The van der Waals surface area contributed by atoms with E-state index in [-0.39, 0.29) is 0 Å². The molecule has 2 nitrogen and oxygen atoms in total. The molecular weight excluding hydrogens is 204 g/mol. The smallest absolute Gasteiger partial charge is 0.0105 e. The highest BCUT2D eigenvalue weighted by Crippen LogP contribution is 2.21. The lowest BCUT2D eigenvalue weighted by molar-refractivity contribution is 0.175. The maximum absolute atomic E-state index is 3.64. The van der Waals surface area contributed by atoms with Crippen molar-refractivity contribution in [1.82, 2.24) is 10.2 Å². The molecule has 2 rings (SSSR count). The molecule has 0 aromatic carbocycles. The lowest BCUT2D eigenvalue weighted by Gasteiger charge is -2.35. The van der Waals surface area contributed by atoms with E-state index in [0.29, 0.717) is 0 Å². The maximum atomic E-state index is 3.64. The Bertz CT molecular complexity index is 188. The minimum Gasteiger partial charge on any atom is -0.314 e. The van der Waals surface area contributed by atoms with Crippen molar-refractivity contribution in [3.05, 3.63) is 0 Å². The van der Waals surface area contributed by atoms with Crippen LogP contribution in [0.2, 0.25) is 0 Å². The van der Waals surface area contributed by atoms with E-state index in [9.17, 15) is 0 Å². The zero-order valence-electron chi connectivity index (χ0n) is 10.0. The fourth-order valence-corrected chi connectivity index (χ4v) is 3.09. The number of nitrogens with zero attached hydrogens (tertiary/aromatic N) is 1. The first kappa shape index (κ1) is 11.7. The van der Waals surface area contributed by atoms with Crippen LogP contribution in [0.5, 0.6) is 0 Å². The summed E-state index contributed by atoms with van der Waals surface area (Å²) in [6.07, 6.45) is 2.81. The van der Waals surface area contributed by atoms with E-state index < -0.39 is 0 Å². The molecule has 2 fully saturated rings. The number of thioether (sulfide) groups is 1. The Morgan fingerprint density at radius 3 is 2.53 bits per heavy atom. The van der Waals surface area contributed by atoms with Crippen LogP contribution in [0.15, 0.2) is 0 Å². The maximum Gasteiger partial charge on any atom is 0.0105 e. The van der Waals surface area contributed by atoms with Crippen molar-refractivity contribution in [2.24, 2.45) is 5.92 Å². The molecule has 1 N–H and O–H groups in total. The normalized spacial score (nSPS) is 27.6. The highest BCUT2D eigenvalue weighted by molar-refractivity contribution is 7.99. The van der Waals surface area contributed by atoms with Crippen molar-refractivity contribution >= 4 is 11.8 Å². The zero-order valence-corrected chi connectivity index (χ0v) is 10.9. The number of nitrogens with one attached hydrogen (secondary N) is 1. The summed E-state index contributed by atoms with van der Waals surface area (Å²) < 4.78 is 0. The Morgan fingerprint density at radius 1 is 1.27 bits per heavy atom. The van der Waals surface area contributed by atoms with Gasteiger partial charge in [-0.15, -0.1) is 0 Å². The summed E-state index contributed by atoms with van der Waals surface area (Å²) in [7, 11) is 0. The predicted octanol–water partition coefficient (Wildman–Crippen LogP) is 1.81. The van der Waals surface area contributed by atoms with Gasteiger partial charge >= 0.3 is 0 Å². The molecule has 88 valence electrons. The summed E-state index contributed by atoms with van der Waals surface area (Å²) in [5.74, 6) is 3.44. The highest BCUT2D eigenvalue weighted by Gasteiger charge is 2.25. The first-order chi connectivity index (χ1) is 7.27. The molecule has 0 spiro atoms. The highest BCUT2D eigenvalue weighted by atomic mass is 32.2. The van der Waals surface area contributed by atoms with Crippen LogP contribution in [0.3, 0.4) is 0 Å². The van der Waals surface area contributed by atoms with Crippen molar-refractivity contribution in [1.29, 1.82) is 0 Å². The van der Waals surface area contributed by atoms with Crippen LogP contribution < -0.4 is 5.32 Å². The minimum atomic E-state index is 0.747. The van der Waals surface area contributed by atoms with E-state index in [0.717, 1.165) is 18.0 Å². The third-order valence-corrected chi connectivity index (χ3v) is 4.69. The molecule has 0 bridgehead atoms. The summed E-state index contributed by atoms with van der Waals surface area (Å²) in [6, 6.07) is 1.61. The van der Waals surface area contributed by atoms with Crippen molar-refractivity contribution in [3.8, 4) is 0 Å². The minimum absolute atomic E-state index is 0.747. The Labute approximate surface area is 98.2 Å². The molecule has 3 heteroatoms. The van der Waals surface area contributed by atoms with Gasteiger partial charge < -0.3 is 5.32 Å². The van der Waals surface area contributed by atoms with Crippen LogP contribution in [0.1, 0.15) is 26.7 Å². The molecule has 1 saturated carbocycles. The molecule has 0 amide bonds. The van der Waals surface area contributed by atoms with Crippen LogP contribution in [0.4, 0.5) is 0 Å². The fraction of sp³-hybridized carbons (Fsp3) is 1.00. The first-order valence-corrected chi connectivity index (χ1v) is 7.48. The summed E-state index contributed by atoms with van der Waals surface area (Å²) >= 11 is 2.10. The van der Waals surface area contributed by atoms with Gasteiger partial charge in [0.1, 0.15) is 0 Å². The third-order valence-electron chi connectivity index (χ3n) is 3.75. The van der Waals surface area contributed by atoms with E-state index in [1.165, 1.54) is 44.0 Å². The topological polar surface area (TPSA) is 15.3 Å². The van der Waals surface area contributed by atoms with Crippen molar-refractivity contribution in [2.75, 3.05) is 31.1 Å². The van der Waals surface area contributed by atoms with Crippen LogP contribution >= 0.6 is 11.8 Å². The lowest BCUT2D eigenvalue weighted by atomic mass is 10.0. The Hall–Kier alpha value is 0.270. The Balaban J connectivity index is 1.69. The second kappa shape index (κ2) is 5.55. The van der Waals surface area contributed by atoms with E-state index in [4.69, 9.17) is 0 Å². The zero-order chi connectivity index (χ0) is 10.7. The molecule has 2 aliphatic rings. The molecular formula is C12H24N2S. The third kappa shape index (κ3) is 3.65. The largest absolute Gasteiger partial charge is 0.314 e. The molecule has 1 aliphatic heterocycles. The van der Waals surface area contributed by atoms with E-state index in [2.05, 4.69) is 35.8 Å². The van der Waals surface area contributed by atoms with Gasteiger partial charge in [-0.1, -0.05) is 6.92 Å². The molecule has 0 radical (unpaired) electrons. The van der Waals surface area contributed by atoms with Crippen LogP contribution in [0.25, 0.3) is 0 Å². The van der Waals surface area contributed by atoms with Crippen LogP contribution in [-0.4, -0.2) is 48.1 Å². The van der Waals surface area contributed by atoms with Crippen LogP contribution in [-0.2, 0) is 0 Å². The lowest BCUT2D eigenvalue weighted by Crippen LogP contribution is -2.45. The van der Waals surface area contributed by atoms with Gasteiger partial charge in [-0.2, -0.15) is 11.8 Å². The Kier molecular flexibility index (Phi) is 4.35. The quantitative estimate of drug-likeness (QED) is 0.772. The molecule has 1 heterocycles. The van der Waals surface area contributed by atoms with Gasteiger partial charge in [-0.05, 0) is 32.2 Å². The van der Waals surface area contributed by atoms with Gasteiger partial charge in [0, 0.05) is 36.7 Å². The average molecular weight is 228 g/mol. The second-order valence-electron chi connectivity index (χ2n) is 5.05. The molecule has 1 aliphatic carbocycles. The SMILES string of the molecule is CC(CNC1CC1)C(C)N1CCSCC1. The van der Waals surface area contributed by atoms with Crippen molar-refractivity contribution in [3.63, 3.8) is 0 Å². The van der Waals surface area contributed by atoms with Gasteiger partial charge in [-0.25, -0.2) is 0 Å². The summed E-state index contributed by atoms with van der Waals surface area (Å²) in [5.41, 5.74) is 0. The fourth-order valence-electron chi connectivity index (χ4n) is 2.16. The van der Waals surface area contributed by atoms with Gasteiger partial charge in [0.05, 0.1) is 0 Å². The van der Waals surface area contributed by atoms with Crippen molar-refractivity contribution < 1.29 is 0 Å². The number of rotatable bonds is 5. The standard InChI is InChI=1S/C12H24N2S/c1-10(9-13-12-3-4-12)11(2)14-5-7-15-8-6-14/h10-13H,3-9H2,1-2H3.